The molecule has 0 fully saturated rings. The fourth-order valence-corrected chi connectivity index (χ4v) is 1.53. The van der Waals surface area contributed by atoms with E-state index in [1.807, 2.05) is 27.7 Å². The molecule has 0 unspecified atom stereocenters. The molecule has 0 saturated carbocycles. The lowest BCUT2D eigenvalue weighted by molar-refractivity contribution is -0.128. The molecule has 0 aliphatic rings. The van der Waals surface area contributed by atoms with E-state index in [0.29, 0.717) is 19.0 Å². The fraction of sp³-hybridized carbons (Fsp3) is 0.857. The summed E-state index contributed by atoms with van der Waals surface area (Å²) in [7, 11) is 1.72. The van der Waals surface area contributed by atoms with Crippen molar-refractivity contribution in [3.05, 3.63) is 0 Å². The van der Waals surface area contributed by atoms with Crippen LogP contribution >= 0.6 is 0 Å². The van der Waals surface area contributed by atoms with Gasteiger partial charge in [-0.15, -0.1) is 0 Å². The normalized spacial score (nSPS) is 12.2. The van der Waals surface area contributed by atoms with Crippen molar-refractivity contribution in [2.45, 2.75) is 34.1 Å². The molecule has 0 bridgehead atoms. The maximum Gasteiger partial charge on any atom is 0.227 e. The highest BCUT2D eigenvalue weighted by atomic mass is 16.5. The molecule has 0 rings (SSSR count). The SMILES string of the molecule is CCNC(=O)C(C)(C)CNC(=NC)NCCCOCC. The molecule has 0 aliphatic heterocycles. The summed E-state index contributed by atoms with van der Waals surface area (Å²) in [6.07, 6.45) is 0.925. The van der Waals surface area contributed by atoms with E-state index in [4.69, 9.17) is 4.74 Å². The third kappa shape index (κ3) is 7.99. The van der Waals surface area contributed by atoms with Crippen LogP contribution in [0.25, 0.3) is 0 Å². The van der Waals surface area contributed by atoms with E-state index in [1.54, 1.807) is 7.05 Å². The van der Waals surface area contributed by atoms with Crippen LogP contribution in [0.2, 0.25) is 0 Å². The summed E-state index contributed by atoms with van der Waals surface area (Å²) in [5.74, 6) is 0.748. The van der Waals surface area contributed by atoms with Gasteiger partial charge in [0, 0.05) is 39.9 Å². The third-order valence-electron chi connectivity index (χ3n) is 2.84. The van der Waals surface area contributed by atoms with E-state index in [0.717, 1.165) is 26.2 Å². The number of carbonyl (C=O) groups is 1. The van der Waals surface area contributed by atoms with Gasteiger partial charge in [-0.05, 0) is 34.1 Å². The number of aliphatic imine (C=N–C) groups is 1. The number of nitrogens with zero attached hydrogens (tertiary/aromatic N) is 1. The maximum absolute atomic E-state index is 11.9. The van der Waals surface area contributed by atoms with Gasteiger partial charge in [-0.25, -0.2) is 0 Å². The Balaban J connectivity index is 4.03. The number of hydrogen-bond donors (Lipinski definition) is 3. The van der Waals surface area contributed by atoms with Gasteiger partial charge in [-0.2, -0.15) is 0 Å². The largest absolute Gasteiger partial charge is 0.382 e. The average molecular weight is 286 g/mol. The van der Waals surface area contributed by atoms with Gasteiger partial charge in [-0.3, -0.25) is 9.79 Å². The number of nitrogens with one attached hydrogen (secondary N) is 3. The van der Waals surface area contributed by atoms with Crippen molar-refractivity contribution < 1.29 is 9.53 Å². The molecule has 0 aromatic rings. The molecule has 0 aromatic carbocycles. The lowest BCUT2D eigenvalue weighted by atomic mass is 9.92. The van der Waals surface area contributed by atoms with E-state index in [2.05, 4.69) is 20.9 Å². The molecular weight excluding hydrogens is 256 g/mol. The van der Waals surface area contributed by atoms with Crippen LogP contribution < -0.4 is 16.0 Å². The second-order valence-electron chi connectivity index (χ2n) is 5.15. The predicted octanol–water partition coefficient (Wildman–Crippen LogP) is 0.740. The van der Waals surface area contributed by atoms with Gasteiger partial charge in [0.1, 0.15) is 0 Å². The second-order valence-corrected chi connectivity index (χ2v) is 5.15. The number of hydrogen-bond acceptors (Lipinski definition) is 3. The molecule has 0 saturated heterocycles. The molecule has 6 heteroatoms. The highest BCUT2D eigenvalue weighted by Gasteiger charge is 2.27. The van der Waals surface area contributed by atoms with E-state index >= 15 is 0 Å². The zero-order valence-electron chi connectivity index (χ0n) is 13.5. The number of ether oxygens (including phenoxy) is 1. The number of amides is 1. The van der Waals surface area contributed by atoms with Crippen LogP contribution in [0, 0.1) is 5.41 Å². The monoisotopic (exact) mass is 286 g/mol. The van der Waals surface area contributed by atoms with Crippen molar-refractivity contribution in [1.82, 2.24) is 16.0 Å². The Morgan fingerprint density at radius 2 is 1.90 bits per heavy atom. The van der Waals surface area contributed by atoms with Gasteiger partial charge >= 0.3 is 0 Å². The van der Waals surface area contributed by atoms with Crippen LogP contribution in [0.15, 0.2) is 4.99 Å². The molecular formula is C14H30N4O2. The van der Waals surface area contributed by atoms with Gasteiger partial charge in [0.15, 0.2) is 5.96 Å². The van der Waals surface area contributed by atoms with E-state index in [9.17, 15) is 4.79 Å². The van der Waals surface area contributed by atoms with Crippen LogP contribution in [-0.4, -0.2) is 51.8 Å². The minimum absolute atomic E-state index is 0.0410. The summed E-state index contributed by atoms with van der Waals surface area (Å²) < 4.78 is 5.27. The summed E-state index contributed by atoms with van der Waals surface area (Å²) in [6, 6.07) is 0. The van der Waals surface area contributed by atoms with Crippen molar-refractivity contribution in [3.8, 4) is 0 Å². The van der Waals surface area contributed by atoms with Crippen LogP contribution in [0.3, 0.4) is 0 Å². The molecule has 20 heavy (non-hydrogen) atoms. The van der Waals surface area contributed by atoms with Gasteiger partial charge in [0.25, 0.3) is 0 Å². The van der Waals surface area contributed by atoms with E-state index in [1.165, 1.54) is 0 Å². The highest BCUT2D eigenvalue weighted by Crippen LogP contribution is 2.13. The first-order chi connectivity index (χ1) is 9.47. The quantitative estimate of drug-likeness (QED) is 0.332. The Morgan fingerprint density at radius 1 is 1.20 bits per heavy atom. The lowest BCUT2D eigenvalue weighted by Crippen LogP contribution is -2.48. The predicted molar refractivity (Wildman–Crippen MR) is 82.9 cm³/mol. The highest BCUT2D eigenvalue weighted by molar-refractivity contribution is 5.84. The third-order valence-corrected chi connectivity index (χ3v) is 2.84. The van der Waals surface area contributed by atoms with Crippen molar-refractivity contribution in [2.75, 3.05) is 39.9 Å². The smallest absolute Gasteiger partial charge is 0.227 e. The number of guanidine groups is 1. The van der Waals surface area contributed by atoms with Crippen molar-refractivity contribution in [1.29, 1.82) is 0 Å². The van der Waals surface area contributed by atoms with Gasteiger partial charge < -0.3 is 20.7 Å². The molecule has 0 heterocycles. The van der Waals surface area contributed by atoms with Crippen LogP contribution in [0.1, 0.15) is 34.1 Å². The lowest BCUT2D eigenvalue weighted by Gasteiger charge is -2.24. The zero-order valence-corrected chi connectivity index (χ0v) is 13.5. The Bertz CT molecular complexity index is 304. The first-order valence-corrected chi connectivity index (χ1v) is 7.28. The Morgan fingerprint density at radius 3 is 2.45 bits per heavy atom. The molecule has 0 aliphatic carbocycles. The van der Waals surface area contributed by atoms with E-state index in [-0.39, 0.29) is 5.91 Å². The van der Waals surface area contributed by atoms with Gasteiger partial charge in [0.2, 0.25) is 5.91 Å². The first-order valence-electron chi connectivity index (χ1n) is 7.28. The molecule has 3 N–H and O–H groups in total. The Labute approximate surface area is 122 Å². The Kier molecular flexibility index (Phi) is 9.80. The first kappa shape index (κ1) is 18.7. The number of carbonyl (C=O) groups excluding carboxylic acids is 1. The molecule has 0 spiro atoms. The standard InChI is InChI=1S/C14H30N4O2/c1-6-16-12(19)14(3,4)11-18-13(15-5)17-9-8-10-20-7-2/h6-11H2,1-5H3,(H,16,19)(H2,15,17,18). The fourth-order valence-electron chi connectivity index (χ4n) is 1.53. The second kappa shape index (κ2) is 10.5. The maximum atomic E-state index is 11.9. The van der Waals surface area contributed by atoms with Crippen molar-refractivity contribution >= 4 is 11.9 Å². The van der Waals surface area contributed by atoms with Gasteiger partial charge in [0.05, 0.1) is 5.41 Å². The molecule has 0 radical (unpaired) electrons. The van der Waals surface area contributed by atoms with E-state index < -0.39 is 5.41 Å². The Hall–Kier alpha value is -1.30. The molecule has 6 nitrogen and oxygen atoms in total. The molecule has 118 valence electrons. The number of rotatable bonds is 9. The topological polar surface area (TPSA) is 74.8 Å². The molecule has 0 aromatic heterocycles. The van der Waals surface area contributed by atoms with Crippen LogP contribution in [0.5, 0.6) is 0 Å². The van der Waals surface area contributed by atoms with Crippen molar-refractivity contribution in [3.63, 3.8) is 0 Å². The minimum Gasteiger partial charge on any atom is -0.382 e. The van der Waals surface area contributed by atoms with Crippen LogP contribution in [0.4, 0.5) is 0 Å². The van der Waals surface area contributed by atoms with Crippen molar-refractivity contribution in [2.24, 2.45) is 10.4 Å². The van der Waals surface area contributed by atoms with Gasteiger partial charge in [-0.1, -0.05) is 0 Å². The summed E-state index contributed by atoms with van der Waals surface area (Å²) in [4.78, 5) is 16.0. The summed E-state index contributed by atoms with van der Waals surface area (Å²) in [5.41, 5.74) is -0.473. The summed E-state index contributed by atoms with van der Waals surface area (Å²) in [6.45, 7) is 11.2. The summed E-state index contributed by atoms with van der Waals surface area (Å²) in [5, 5.41) is 9.21. The molecule has 1 amide bonds. The molecule has 0 atom stereocenters. The van der Waals surface area contributed by atoms with Crippen LogP contribution in [-0.2, 0) is 9.53 Å². The zero-order chi connectivity index (χ0) is 15.4. The minimum atomic E-state index is -0.473. The summed E-state index contributed by atoms with van der Waals surface area (Å²) >= 11 is 0. The average Bonchev–Trinajstić information content (AvgIpc) is 2.42.